The Morgan fingerprint density at radius 1 is 1.13 bits per heavy atom. The molecule has 1 aromatic carbocycles. The van der Waals surface area contributed by atoms with Crippen LogP contribution < -0.4 is 5.73 Å². The first-order chi connectivity index (χ1) is 7.27. The molecule has 2 N–H and O–H groups in total. The monoisotopic (exact) mass is 202 g/mol. The van der Waals surface area contributed by atoms with Gasteiger partial charge >= 0.3 is 0 Å². The number of hydrogen-bond donors (Lipinski definition) is 1. The smallest absolute Gasteiger partial charge is 0.123 e. The van der Waals surface area contributed by atoms with Crippen molar-refractivity contribution in [1.29, 1.82) is 0 Å². The van der Waals surface area contributed by atoms with Gasteiger partial charge in [0.2, 0.25) is 0 Å². The highest BCUT2D eigenvalue weighted by atomic mass is 19.1. The molecule has 1 aromatic heterocycles. The van der Waals surface area contributed by atoms with Gasteiger partial charge in [-0.1, -0.05) is 18.2 Å². The molecule has 0 spiro atoms. The molecular formula is C12H11FN2. The van der Waals surface area contributed by atoms with E-state index >= 15 is 0 Å². The van der Waals surface area contributed by atoms with Crippen LogP contribution in [-0.4, -0.2) is 4.98 Å². The summed E-state index contributed by atoms with van der Waals surface area (Å²) in [5.74, 6) is -0.279. The number of nitrogens with zero attached hydrogens (tertiary/aromatic N) is 1. The number of benzene rings is 1. The lowest BCUT2D eigenvalue weighted by Crippen LogP contribution is -2.13. The predicted molar refractivity (Wildman–Crippen MR) is 56.7 cm³/mol. The minimum absolute atomic E-state index is 0.279. The molecule has 0 aliphatic heterocycles. The van der Waals surface area contributed by atoms with E-state index in [0.717, 1.165) is 11.3 Å². The van der Waals surface area contributed by atoms with Crippen molar-refractivity contribution in [2.75, 3.05) is 0 Å². The molecule has 0 unspecified atom stereocenters. The van der Waals surface area contributed by atoms with Gasteiger partial charge in [-0.05, 0) is 29.8 Å². The molecule has 76 valence electrons. The molecule has 15 heavy (non-hydrogen) atoms. The summed E-state index contributed by atoms with van der Waals surface area (Å²) >= 11 is 0. The molecule has 0 saturated heterocycles. The van der Waals surface area contributed by atoms with Crippen LogP contribution in [0.4, 0.5) is 4.39 Å². The van der Waals surface area contributed by atoms with Gasteiger partial charge < -0.3 is 5.73 Å². The maximum Gasteiger partial charge on any atom is 0.123 e. The molecule has 1 heterocycles. The van der Waals surface area contributed by atoms with Crippen LogP contribution in [0.3, 0.4) is 0 Å². The van der Waals surface area contributed by atoms with Crippen molar-refractivity contribution >= 4 is 0 Å². The van der Waals surface area contributed by atoms with Crippen LogP contribution in [0.1, 0.15) is 17.3 Å². The number of hydrogen-bond acceptors (Lipinski definition) is 2. The Bertz CT molecular complexity index is 442. The molecule has 2 rings (SSSR count). The Morgan fingerprint density at radius 3 is 2.67 bits per heavy atom. The molecule has 0 amide bonds. The zero-order chi connectivity index (χ0) is 10.7. The number of rotatable bonds is 2. The molecule has 0 saturated carbocycles. The molecule has 0 fully saturated rings. The summed E-state index contributed by atoms with van der Waals surface area (Å²) in [6.45, 7) is 0. The van der Waals surface area contributed by atoms with E-state index in [9.17, 15) is 4.39 Å². The molecule has 0 aliphatic carbocycles. The van der Waals surface area contributed by atoms with Crippen molar-refractivity contribution in [3.05, 3.63) is 65.7 Å². The third-order valence-corrected chi connectivity index (χ3v) is 2.21. The van der Waals surface area contributed by atoms with Crippen molar-refractivity contribution < 1.29 is 4.39 Å². The van der Waals surface area contributed by atoms with E-state index in [-0.39, 0.29) is 11.9 Å². The van der Waals surface area contributed by atoms with Crippen molar-refractivity contribution in [1.82, 2.24) is 4.98 Å². The van der Waals surface area contributed by atoms with E-state index in [4.69, 9.17) is 5.73 Å². The third-order valence-electron chi connectivity index (χ3n) is 2.21. The fraction of sp³-hybridized carbons (Fsp3) is 0.0833. The molecule has 2 aromatic rings. The molecule has 0 bridgehead atoms. The average molecular weight is 202 g/mol. The van der Waals surface area contributed by atoms with Gasteiger partial charge in [-0.2, -0.15) is 0 Å². The van der Waals surface area contributed by atoms with Gasteiger partial charge in [-0.3, -0.25) is 4.98 Å². The first kappa shape index (κ1) is 9.80. The van der Waals surface area contributed by atoms with Gasteiger partial charge in [0.25, 0.3) is 0 Å². The molecule has 3 heteroatoms. The van der Waals surface area contributed by atoms with E-state index in [0.29, 0.717) is 0 Å². The van der Waals surface area contributed by atoms with E-state index in [1.165, 1.54) is 12.1 Å². The van der Waals surface area contributed by atoms with Crippen LogP contribution in [0.2, 0.25) is 0 Å². The number of aromatic nitrogens is 1. The van der Waals surface area contributed by atoms with E-state index in [1.807, 2.05) is 18.2 Å². The standard InChI is InChI=1S/C12H11FN2/c13-10-5-3-4-9(8-10)12(14)11-6-1-2-7-15-11/h1-8,12H,14H2/t12-/m0/s1. The second-order valence-electron chi connectivity index (χ2n) is 3.29. The highest BCUT2D eigenvalue weighted by molar-refractivity contribution is 5.27. The summed E-state index contributed by atoms with van der Waals surface area (Å²) in [5, 5.41) is 0. The highest BCUT2D eigenvalue weighted by Crippen LogP contribution is 2.17. The van der Waals surface area contributed by atoms with Crippen molar-refractivity contribution in [3.63, 3.8) is 0 Å². The van der Waals surface area contributed by atoms with E-state index in [1.54, 1.807) is 18.3 Å². The third kappa shape index (κ3) is 2.19. The topological polar surface area (TPSA) is 38.9 Å². The maximum absolute atomic E-state index is 13.0. The van der Waals surface area contributed by atoms with Gasteiger partial charge in [0, 0.05) is 6.20 Å². The first-order valence-electron chi connectivity index (χ1n) is 4.69. The molecule has 1 atom stereocenters. The SMILES string of the molecule is N[C@@H](c1cccc(F)c1)c1ccccn1. The molecular weight excluding hydrogens is 191 g/mol. The van der Waals surface area contributed by atoms with Gasteiger partial charge in [-0.25, -0.2) is 4.39 Å². The van der Waals surface area contributed by atoms with Gasteiger partial charge in [0.1, 0.15) is 5.82 Å². The van der Waals surface area contributed by atoms with Crippen LogP contribution in [0.15, 0.2) is 48.7 Å². The Kier molecular flexibility index (Phi) is 2.74. The minimum atomic E-state index is -0.373. The summed E-state index contributed by atoms with van der Waals surface area (Å²) in [6, 6.07) is 11.4. The molecule has 0 aliphatic rings. The van der Waals surface area contributed by atoms with Crippen LogP contribution in [-0.2, 0) is 0 Å². The lowest BCUT2D eigenvalue weighted by atomic mass is 10.0. The van der Waals surface area contributed by atoms with Gasteiger partial charge in [0.05, 0.1) is 11.7 Å². The summed E-state index contributed by atoms with van der Waals surface area (Å²) in [7, 11) is 0. The van der Waals surface area contributed by atoms with Gasteiger partial charge in [0.15, 0.2) is 0 Å². The molecule has 0 radical (unpaired) electrons. The van der Waals surface area contributed by atoms with Crippen molar-refractivity contribution in [3.8, 4) is 0 Å². The maximum atomic E-state index is 13.0. The largest absolute Gasteiger partial charge is 0.319 e. The minimum Gasteiger partial charge on any atom is -0.319 e. The number of nitrogens with two attached hydrogens (primary N) is 1. The van der Waals surface area contributed by atoms with Gasteiger partial charge in [-0.15, -0.1) is 0 Å². The lowest BCUT2D eigenvalue weighted by molar-refractivity contribution is 0.623. The van der Waals surface area contributed by atoms with Crippen molar-refractivity contribution in [2.24, 2.45) is 5.73 Å². The average Bonchev–Trinajstić information content (AvgIpc) is 2.29. The van der Waals surface area contributed by atoms with Crippen LogP contribution in [0, 0.1) is 5.82 Å². The quantitative estimate of drug-likeness (QED) is 0.811. The fourth-order valence-electron chi connectivity index (χ4n) is 1.43. The second kappa shape index (κ2) is 4.19. The van der Waals surface area contributed by atoms with E-state index in [2.05, 4.69) is 4.98 Å². The van der Waals surface area contributed by atoms with E-state index < -0.39 is 0 Å². The Morgan fingerprint density at radius 2 is 2.00 bits per heavy atom. The normalized spacial score (nSPS) is 12.4. The Balaban J connectivity index is 2.32. The second-order valence-corrected chi connectivity index (χ2v) is 3.29. The number of halogens is 1. The summed E-state index contributed by atoms with van der Waals surface area (Å²) in [5.41, 5.74) is 7.43. The highest BCUT2D eigenvalue weighted by Gasteiger charge is 2.09. The first-order valence-corrected chi connectivity index (χ1v) is 4.69. The van der Waals surface area contributed by atoms with Crippen LogP contribution in [0.25, 0.3) is 0 Å². The Labute approximate surface area is 87.6 Å². The summed E-state index contributed by atoms with van der Waals surface area (Å²) in [4.78, 5) is 4.14. The van der Waals surface area contributed by atoms with Crippen molar-refractivity contribution in [2.45, 2.75) is 6.04 Å². The summed E-state index contributed by atoms with van der Waals surface area (Å²) < 4.78 is 13.0. The zero-order valence-electron chi connectivity index (χ0n) is 8.10. The van der Waals surface area contributed by atoms with Crippen LogP contribution in [0.5, 0.6) is 0 Å². The molecule has 2 nitrogen and oxygen atoms in total. The number of pyridine rings is 1. The predicted octanol–water partition coefficient (Wildman–Crippen LogP) is 2.27. The fourth-order valence-corrected chi connectivity index (χ4v) is 1.43. The summed E-state index contributed by atoms with van der Waals surface area (Å²) in [6.07, 6.45) is 1.68. The Hall–Kier alpha value is -1.74. The zero-order valence-corrected chi connectivity index (χ0v) is 8.10. The van der Waals surface area contributed by atoms with Crippen LogP contribution >= 0.6 is 0 Å². The lowest BCUT2D eigenvalue weighted by Gasteiger charge is -2.10.